The summed E-state index contributed by atoms with van der Waals surface area (Å²) in [6.07, 6.45) is -1.12. The highest BCUT2D eigenvalue weighted by atomic mass is 16.7. The molecule has 0 aliphatic carbocycles. The van der Waals surface area contributed by atoms with Crippen molar-refractivity contribution in [1.82, 2.24) is 4.90 Å². The highest BCUT2D eigenvalue weighted by molar-refractivity contribution is 6.21. The Morgan fingerprint density at radius 2 is 1.69 bits per heavy atom. The van der Waals surface area contributed by atoms with Crippen LogP contribution >= 0.6 is 0 Å². The number of fused-ring (bicyclic) bond motifs is 2. The first-order chi connectivity index (χ1) is 16.9. The second kappa shape index (κ2) is 8.94. The van der Waals surface area contributed by atoms with Gasteiger partial charge in [-0.1, -0.05) is 30.3 Å². The number of hydrogen-bond acceptors (Lipinski definition) is 7. The molecule has 2 aliphatic heterocycles. The van der Waals surface area contributed by atoms with E-state index in [0.29, 0.717) is 17.2 Å². The van der Waals surface area contributed by atoms with Crippen LogP contribution in [0.5, 0.6) is 11.5 Å². The summed E-state index contributed by atoms with van der Waals surface area (Å²) in [5, 5.41) is 2.65. The lowest BCUT2D eigenvalue weighted by Crippen LogP contribution is -2.30. The Morgan fingerprint density at radius 1 is 0.943 bits per heavy atom. The summed E-state index contributed by atoms with van der Waals surface area (Å²) in [6, 6.07) is 18.2. The van der Waals surface area contributed by atoms with Crippen molar-refractivity contribution in [3.63, 3.8) is 0 Å². The van der Waals surface area contributed by atoms with Crippen LogP contribution in [0.4, 0.5) is 5.69 Å². The normalized spacial score (nSPS) is 14.5. The van der Waals surface area contributed by atoms with E-state index in [4.69, 9.17) is 14.2 Å². The highest BCUT2D eigenvalue weighted by Gasteiger charge is 2.36. The highest BCUT2D eigenvalue weighted by Crippen LogP contribution is 2.34. The fourth-order valence-corrected chi connectivity index (χ4v) is 3.83. The van der Waals surface area contributed by atoms with Crippen molar-refractivity contribution in [2.24, 2.45) is 0 Å². The lowest BCUT2D eigenvalue weighted by atomic mass is 10.1. The Morgan fingerprint density at radius 3 is 2.49 bits per heavy atom. The number of rotatable bonds is 6. The first-order valence-corrected chi connectivity index (χ1v) is 10.9. The number of benzene rings is 3. The number of esters is 1. The number of nitrogens with zero attached hydrogens (tertiary/aromatic N) is 1. The molecule has 2 heterocycles. The van der Waals surface area contributed by atoms with E-state index in [9.17, 15) is 19.2 Å². The zero-order valence-corrected chi connectivity index (χ0v) is 18.6. The molecule has 1 atom stereocenters. The first kappa shape index (κ1) is 22.1. The smallest absolute Gasteiger partial charge is 0.338 e. The van der Waals surface area contributed by atoms with E-state index in [-0.39, 0.29) is 30.0 Å². The van der Waals surface area contributed by atoms with Gasteiger partial charge in [0.05, 0.1) is 23.2 Å². The summed E-state index contributed by atoms with van der Waals surface area (Å²) in [7, 11) is 0. The number of nitrogens with one attached hydrogen (secondary N) is 1. The second-order valence-electron chi connectivity index (χ2n) is 8.05. The SMILES string of the molecule is C[C@@H](OC(=O)c1ccc2c(c1)C(=O)N(Cc1ccccc1)C2=O)C(=O)Nc1ccc2c(c1)OCO2. The Hall–Kier alpha value is -4.66. The number of anilines is 1. The van der Waals surface area contributed by atoms with Crippen molar-refractivity contribution in [2.75, 3.05) is 12.1 Å². The number of hydrogen-bond donors (Lipinski definition) is 1. The third-order valence-corrected chi connectivity index (χ3v) is 5.68. The third kappa shape index (κ3) is 4.31. The minimum atomic E-state index is -1.12. The molecule has 2 aliphatic rings. The molecule has 0 saturated heterocycles. The van der Waals surface area contributed by atoms with Crippen LogP contribution in [-0.4, -0.2) is 41.5 Å². The van der Waals surface area contributed by atoms with Gasteiger partial charge < -0.3 is 19.5 Å². The van der Waals surface area contributed by atoms with Gasteiger partial charge in [0.1, 0.15) is 0 Å². The first-order valence-electron chi connectivity index (χ1n) is 10.9. The van der Waals surface area contributed by atoms with Gasteiger partial charge in [0.2, 0.25) is 6.79 Å². The molecule has 176 valence electrons. The molecule has 0 fully saturated rings. The van der Waals surface area contributed by atoms with E-state index < -0.39 is 29.8 Å². The Labute approximate surface area is 200 Å². The molecule has 1 N–H and O–H groups in total. The van der Waals surface area contributed by atoms with Gasteiger partial charge in [-0.25, -0.2) is 4.79 Å². The topological polar surface area (TPSA) is 111 Å². The molecule has 0 radical (unpaired) electrons. The van der Waals surface area contributed by atoms with Crippen LogP contribution in [0.25, 0.3) is 0 Å². The van der Waals surface area contributed by atoms with Crippen LogP contribution < -0.4 is 14.8 Å². The van der Waals surface area contributed by atoms with E-state index in [1.54, 1.807) is 18.2 Å². The molecule has 9 nitrogen and oxygen atoms in total. The van der Waals surface area contributed by atoms with Crippen LogP contribution in [0.1, 0.15) is 43.6 Å². The average molecular weight is 472 g/mol. The van der Waals surface area contributed by atoms with E-state index in [1.807, 2.05) is 30.3 Å². The zero-order valence-electron chi connectivity index (χ0n) is 18.6. The van der Waals surface area contributed by atoms with Crippen LogP contribution in [0.2, 0.25) is 0 Å². The van der Waals surface area contributed by atoms with E-state index in [2.05, 4.69) is 5.32 Å². The molecular formula is C26H20N2O7. The maximum absolute atomic E-state index is 12.9. The van der Waals surface area contributed by atoms with Gasteiger partial charge in [0.25, 0.3) is 17.7 Å². The molecule has 3 amide bonds. The zero-order chi connectivity index (χ0) is 24.5. The van der Waals surface area contributed by atoms with Gasteiger partial charge in [0.15, 0.2) is 17.6 Å². The summed E-state index contributed by atoms with van der Waals surface area (Å²) >= 11 is 0. The van der Waals surface area contributed by atoms with Gasteiger partial charge in [-0.05, 0) is 42.8 Å². The molecule has 0 spiro atoms. The van der Waals surface area contributed by atoms with Crippen LogP contribution in [-0.2, 0) is 16.1 Å². The molecular weight excluding hydrogens is 452 g/mol. The Balaban J connectivity index is 1.25. The lowest BCUT2D eigenvalue weighted by Gasteiger charge is -2.14. The maximum atomic E-state index is 12.9. The molecule has 0 aromatic heterocycles. The largest absolute Gasteiger partial charge is 0.454 e. The lowest BCUT2D eigenvalue weighted by molar-refractivity contribution is -0.123. The van der Waals surface area contributed by atoms with E-state index >= 15 is 0 Å². The summed E-state index contributed by atoms with van der Waals surface area (Å²) in [5.74, 6) is -1.16. The summed E-state index contributed by atoms with van der Waals surface area (Å²) in [6.45, 7) is 1.67. The molecule has 0 unspecified atom stereocenters. The van der Waals surface area contributed by atoms with Crippen molar-refractivity contribution in [3.8, 4) is 11.5 Å². The molecule has 0 bridgehead atoms. The van der Waals surface area contributed by atoms with Crippen molar-refractivity contribution in [1.29, 1.82) is 0 Å². The number of imide groups is 1. The standard InChI is InChI=1S/C26H20N2O7/c1-15(23(29)27-18-8-10-21-22(12-18)34-14-33-21)35-26(32)17-7-9-19-20(11-17)25(31)28(24(19)30)13-16-5-3-2-4-6-16/h2-12,15H,13-14H2,1H3,(H,27,29)/t15-/m1/s1. The minimum absolute atomic E-state index is 0.0641. The van der Waals surface area contributed by atoms with E-state index in [0.717, 1.165) is 10.5 Å². The summed E-state index contributed by atoms with van der Waals surface area (Å²) in [5.41, 5.74) is 1.68. The van der Waals surface area contributed by atoms with Crippen LogP contribution in [0.3, 0.4) is 0 Å². The van der Waals surface area contributed by atoms with Crippen molar-refractivity contribution < 1.29 is 33.4 Å². The molecule has 3 aromatic rings. The van der Waals surface area contributed by atoms with Gasteiger partial charge in [0, 0.05) is 11.8 Å². The molecule has 0 saturated carbocycles. The van der Waals surface area contributed by atoms with Crippen molar-refractivity contribution in [2.45, 2.75) is 19.6 Å². The number of amides is 3. The minimum Gasteiger partial charge on any atom is -0.454 e. The van der Waals surface area contributed by atoms with Crippen LogP contribution in [0.15, 0.2) is 66.7 Å². The number of ether oxygens (including phenoxy) is 3. The Kier molecular flexibility index (Phi) is 5.66. The second-order valence-corrected chi connectivity index (χ2v) is 8.05. The predicted molar refractivity (Wildman–Crippen MR) is 123 cm³/mol. The van der Waals surface area contributed by atoms with Crippen molar-refractivity contribution in [3.05, 3.63) is 89.0 Å². The number of carbonyl (C=O) groups is 4. The Bertz CT molecular complexity index is 1350. The molecule has 5 rings (SSSR count). The quantitative estimate of drug-likeness (QED) is 0.432. The monoisotopic (exact) mass is 472 g/mol. The van der Waals surface area contributed by atoms with Gasteiger partial charge >= 0.3 is 5.97 Å². The van der Waals surface area contributed by atoms with Gasteiger partial charge in [-0.3, -0.25) is 19.3 Å². The summed E-state index contributed by atoms with van der Waals surface area (Å²) in [4.78, 5) is 51.9. The number of carbonyl (C=O) groups excluding carboxylic acids is 4. The average Bonchev–Trinajstić information content (AvgIpc) is 3.42. The maximum Gasteiger partial charge on any atom is 0.338 e. The van der Waals surface area contributed by atoms with Gasteiger partial charge in [-0.2, -0.15) is 0 Å². The fraction of sp³-hybridized carbons (Fsp3) is 0.154. The van der Waals surface area contributed by atoms with E-state index in [1.165, 1.54) is 25.1 Å². The molecule has 9 heteroatoms. The summed E-state index contributed by atoms with van der Waals surface area (Å²) < 4.78 is 15.8. The van der Waals surface area contributed by atoms with Crippen LogP contribution in [0, 0.1) is 0 Å². The fourth-order valence-electron chi connectivity index (χ4n) is 3.83. The molecule has 35 heavy (non-hydrogen) atoms. The van der Waals surface area contributed by atoms with Gasteiger partial charge in [-0.15, -0.1) is 0 Å². The van der Waals surface area contributed by atoms with Crippen molar-refractivity contribution >= 4 is 29.4 Å². The molecule has 3 aromatic carbocycles. The predicted octanol–water partition coefficient (Wildman–Crippen LogP) is 3.40. The third-order valence-electron chi connectivity index (χ3n) is 5.68.